The first-order valence-corrected chi connectivity index (χ1v) is 9.72. The zero-order valence-electron chi connectivity index (χ0n) is 14.3. The van der Waals surface area contributed by atoms with E-state index >= 15 is 0 Å². The molecular formula is C21H17ClN2OS. The van der Waals surface area contributed by atoms with E-state index in [4.69, 9.17) is 11.6 Å². The Hall–Kier alpha value is -2.43. The molecule has 2 aromatic heterocycles. The summed E-state index contributed by atoms with van der Waals surface area (Å²) in [7, 11) is 0. The fourth-order valence-corrected chi connectivity index (χ4v) is 4.03. The molecule has 0 saturated carbocycles. The van der Waals surface area contributed by atoms with E-state index in [9.17, 15) is 4.79 Å². The van der Waals surface area contributed by atoms with E-state index in [1.807, 2.05) is 29.6 Å². The monoisotopic (exact) mass is 380 g/mol. The van der Waals surface area contributed by atoms with Crippen molar-refractivity contribution in [2.75, 3.05) is 0 Å². The predicted molar refractivity (Wildman–Crippen MR) is 109 cm³/mol. The van der Waals surface area contributed by atoms with Gasteiger partial charge in [0.1, 0.15) is 4.83 Å². The first kappa shape index (κ1) is 17.0. The summed E-state index contributed by atoms with van der Waals surface area (Å²) in [4.78, 5) is 18.3. The van der Waals surface area contributed by atoms with Gasteiger partial charge in [-0.25, -0.2) is 4.98 Å². The standard InChI is InChI=1S/C21H17ClN2OS/c1-2-14-3-5-15(6-4-14)11-24-13-23-20-19(21(24)25)18(12-26-20)16-7-9-17(22)10-8-16/h3-10,12-13H,2,11H2,1H3. The van der Waals surface area contributed by atoms with Gasteiger partial charge in [-0.1, -0.05) is 54.9 Å². The highest BCUT2D eigenvalue weighted by Crippen LogP contribution is 2.31. The zero-order chi connectivity index (χ0) is 18.1. The Morgan fingerprint density at radius 3 is 2.42 bits per heavy atom. The molecule has 130 valence electrons. The van der Waals surface area contributed by atoms with E-state index < -0.39 is 0 Å². The minimum atomic E-state index is -0.0132. The molecule has 5 heteroatoms. The van der Waals surface area contributed by atoms with E-state index in [1.165, 1.54) is 16.9 Å². The lowest BCUT2D eigenvalue weighted by Gasteiger charge is -2.07. The minimum absolute atomic E-state index is 0.0132. The summed E-state index contributed by atoms with van der Waals surface area (Å²) >= 11 is 7.47. The van der Waals surface area contributed by atoms with Crippen LogP contribution in [0.15, 0.2) is 65.0 Å². The van der Waals surface area contributed by atoms with Crippen LogP contribution in [0.1, 0.15) is 18.1 Å². The van der Waals surface area contributed by atoms with Crippen LogP contribution in [0.25, 0.3) is 21.3 Å². The molecule has 0 fully saturated rings. The molecule has 0 N–H and O–H groups in total. The van der Waals surface area contributed by atoms with Crippen LogP contribution in [0.4, 0.5) is 0 Å². The quantitative estimate of drug-likeness (QED) is 0.475. The van der Waals surface area contributed by atoms with Crippen LogP contribution in [0.5, 0.6) is 0 Å². The Kier molecular flexibility index (Phi) is 4.62. The van der Waals surface area contributed by atoms with Crippen molar-refractivity contribution < 1.29 is 0 Å². The van der Waals surface area contributed by atoms with Gasteiger partial charge in [-0.2, -0.15) is 0 Å². The second-order valence-corrected chi connectivity index (χ2v) is 7.48. The van der Waals surface area contributed by atoms with Crippen molar-refractivity contribution >= 4 is 33.2 Å². The molecule has 26 heavy (non-hydrogen) atoms. The lowest BCUT2D eigenvalue weighted by atomic mass is 10.1. The number of nitrogens with zero attached hydrogens (tertiary/aromatic N) is 2. The maximum absolute atomic E-state index is 13.1. The number of hydrogen-bond acceptors (Lipinski definition) is 3. The first-order valence-electron chi connectivity index (χ1n) is 8.46. The second kappa shape index (κ2) is 7.06. The Labute approximate surface area is 160 Å². The Morgan fingerprint density at radius 2 is 1.73 bits per heavy atom. The van der Waals surface area contributed by atoms with Crippen LogP contribution in [-0.2, 0) is 13.0 Å². The number of aryl methyl sites for hydroxylation is 1. The van der Waals surface area contributed by atoms with Gasteiger partial charge in [-0.05, 0) is 35.2 Å². The fourth-order valence-electron chi connectivity index (χ4n) is 3.00. The number of halogens is 1. The lowest BCUT2D eigenvalue weighted by Crippen LogP contribution is -2.20. The van der Waals surface area contributed by atoms with Gasteiger partial charge in [0.15, 0.2) is 0 Å². The predicted octanol–water partition coefficient (Wildman–Crippen LogP) is 5.39. The van der Waals surface area contributed by atoms with E-state index in [0.29, 0.717) is 17.0 Å². The van der Waals surface area contributed by atoms with Crippen LogP contribution >= 0.6 is 22.9 Å². The first-order chi connectivity index (χ1) is 12.7. The number of rotatable bonds is 4. The van der Waals surface area contributed by atoms with Crippen molar-refractivity contribution in [1.82, 2.24) is 9.55 Å². The third kappa shape index (κ3) is 3.18. The molecule has 3 nitrogen and oxygen atoms in total. The molecule has 0 aliphatic rings. The highest BCUT2D eigenvalue weighted by molar-refractivity contribution is 7.17. The lowest BCUT2D eigenvalue weighted by molar-refractivity contribution is 0.749. The smallest absolute Gasteiger partial charge is 0.263 e. The van der Waals surface area contributed by atoms with Crippen LogP contribution in [0.2, 0.25) is 5.02 Å². The number of hydrogen-bond donors (Lipinski definition) is 0. The van der Waals surface area contributed by atoms with E-state index in [2.05, 4.69) is 36.2 Å². The Bertz CT molecular complexity index is 1110. The summed E-state index contributed by atoms with van der Waals surface area (Å²) in [5, 5.41) is 3.34. The molecule has 2 aromatic carbocycles. The average molecular weight is 381 g/mol. The SMILES string of the molecule is CCc1ccc(Cn2cnc3scc(-c4ccc(Cl)cc4)c3c2=O)cc1. The number of fused-ring (bicyclic) bond motifs is 1. The molecule has 0 aliphatic heterocycles. The molecule has 4 rings (SSSR count). The van der Waals surface area contributed by atoms with Crippen LogP contribution in [-0.4, -0.2) is 9.55 Å². The molecule has 0 saturated heterocycles. The van der Waals surface area contributed by atoms with Crippen molar-refractivity contribution in [3.05, 3.63) is 86.7 Å². The summed E-state index contributed by atoms with van der Waals surface area (Å²) in [5.74, 6) is 0. The summed E-state index contributed by atoms with van der Waals surface area (Å²) in [6.07, 6.45) is 2.65. The average Bonchev–Trinajstić information content (AvgIpc) is 3.10. The number of benzene rings is 2. The summed E-state index contributed by atoms with van der Waals surface area (Å²) < 4.78 is 1.68. The van der Waals surface area contributed by atoms with Gasteiger partial charge < -0.3 is 0 Å². The molecule has 0 amide bonds. The highest BCUT2D eigenvalue weighted by atomic mass is 35.5. The van der Waals surface area contributed by atoms with Gasteiger partial charge in [0, 0.05) is 16.0 Å². The van der Waals surface area contributed by atoms with Crippen molar-refractivity contribution in [2.45, 2.75) is 19.9 Å². The largest absolute Gasteiger partial charge is 0.294 e. The molecule has 0 radical (unpaired) electrons. The normalized spacial score (nSPS) is 11.2. The second-order valence-electron chi connectivity index (χ2n) is 6.18. The maximum atomic E-state index is 13.1. The molecule has 4 aromatic rings. The van der Waals surface area contributed by atoms with E-state index in [-0.39, 0.29) is 5.56 Å². The van der Waals surface area contributed by atoms with E-state index in [0.717, 1.165) is 27.9 Å². The van der Waals surface area contributed by atoms with Crippen molar-refractivity contribution in [2.24, 2.45) is 0 Å². The summed E-state index contributed by atoms with van der Waals surface area (Å²) in [6.45, 7) is 2.65. The molecule has 0 bridgehead atoms. The third-order valence-electron chi connectivity index (χ3n) is 4.50. The van der Waals surface area contributed by atoms with Crippen LogP contribution in [0, 0.1) is 0 Å². The topological polar surface area (TPSA) is 34.9 Å². The summed E-state index contributed by atoms with van der Waals surface area (Å²) in [5.41, 5.74) is 4.26. The molecular weight excluding hydrogens is 364 g/mol. The van der Waals surface area contributed by atoms with Crippen LogP contribution < -0.4 is 5.56 Å². The Morgan fingerprint density at radius 1 is 1.04 bits per heavy atom. The molecule has 0 spiro atoms. The van der Waals surface area contributed by atoms with Crippen molar-refractivity contribution in [1.29, 1.82) is 0 Å². The zero-order valence-corrected chi connectivity index (χ0v) is 15.8. The molecule has 0 atom stereocenters. The van der Waals surface area contributed by atoms with Gasteiger partial charge in [-0.3, -0.25) is 9.36 Å². The van der Waals surface area contributed by atoms with Gasteiger partial charge in [-0.15, -0.1) is 11.3 Å². The van der Waals surface area contributed by atoms with Crippen LogP contribution in [0.3, 0.4) is 0 Å². The highest BCUT2D eigenvalue weighted by Gasteiger charge is 2.13. The minimum Gasteiger partial charge on any atom is -0.294 e. The van der Waals surface area contributed by atoms with Crippen molar-refractivity contribution in [3.8, 4) is 11.1 Å². The molecule has 0 aliphatic carbocycles. The number of thiophene rings is 1. The third-order valence-corrected chi connectivity index (χ3v) is 5.64. The Balaban J connectivity index is 1.77. The van der Waals surface area contributed by atoms with Gasteiger partial charge >= 0.3 is 0 Å². The summed E-state index contributed by atoms with van der Waals surface area (Å²) in [6, 6.07) is 15.9. The van der Waals surface area contributed by atoms with Crippen molar-refractivity contribution in [3.63, 3.8) is 0 Å². The van der Waals surface area contributed by atoms with Gasteiger partial charge in [0.2, 0.25) is 0 Å². The molecule has 0 unspecified atom stereocenters. The van der Waals surface area contributed by atoms with E-state index in [1.54, 1.807) is 10.9 Å². The van der Waals surface area contributed by atoms with Gasteiger partial charge in [0.25, 0.3) is 5.56 Å². The fraction of sp³-hybridized carbons (Fsp3) is 0.143. The molecule has 2 heterocycles. The number of aromatic nitrogens is 2. The maximum Gasteiger partial charge on any atom is 0.263 e. The van der Waals surface area contributed by atoms with Gasteiger partial charge in [0.05, 0.1) is 18.3 Å².